The zero-order valence-corrected chi connectivity index (χ0v) is 13.9. The van der Waals surface area contributed by atoms with E-state index in [1.165, 1.54) is 12.8 Å². The SMILES string of the molecule is CCCCN(CCCC)C[C@H](O)c1ccc(Cl)cc1Cl. The molecule has 0 amide bonds. The van der Waals surface area contributed by atoms with E-state index in [1.807, 2.05) is 6.07 Å². The zero-order valence-electron chi connectivity index (χ0n) is 12.4. The molecule has 20 heavy (non-hydrogen) atoms. The molecule has 0 fully saturated rings. The smallest absolute Gasteiger partial charge is 0.0931 e. The lowest BCUT2D eigenvalue weighted by Crippen LogP contribution is -2.30. The van der Waals surface area contributed by atoms with Gasteiger partial charge in [0, 0.05) is 22.2 Å². The molecule has 1 rings (SSSR count). The Morgan fingerprint density at radius 2 is 1.70 bits per heavy atom. The summed E-state index contributed by atoms with van der Waals surface area (Å²) in [6.45, 7) is 7.05. The summed E-state index contributed by atoms with van der Waals surface area (Å²) in [6.07, 6.45) is 4.09. The predicted octanol–water partition coefficient (Wildman–Crippen LogP) is 4.93. The number of hydrogen-bond donors (Lipinski definition) is 1. The van der Waals surface area contributed by atoms with Gasteiger partial charge in [0.25, 0.3) is 0 Å². The van der Waals surface area contributed by atoms with Crippen LogP contribution in [-0.2, 0) is 0 Å². The van der Waals surface area contributed by atoms with Crippen molar-refractivity contribution in [2.45, 2.75) is 45.6 Å². The van der Waals surface area contributed by atoms with E-state index in [0.29, 0.717) is 16.6 Å². The highest BCUT2D eigenvalue weighted by Crippen LogP contribution is 2.27. The molecule has 0 bridgehead atoms. The van der Waals surface area contributed by atoms with Gasteiger partial charge < -0.3 is 10.0 Å². The monoisotopic (exact) mass is 317 g/mol. The molecule has 0 heterocycles. The Morgan fingerprint density at radius 3 is 2.20 bits per heavy atom. The van der Waals surface area contributed by atoms with Crippen LogP contribution < -0.4 is 0 Å². The van der Waals surface area contributed by atoms with E-state index in [-0.39, 0.29) is 0 Å². The van der Waals surface area contributed by atoms with Crippen molar-refractivity contribution in [3.8, 4) is 0 Å². The molecule has 0 aliphatic rings. The van der Waals surface area contributed by atoms with Crippen LogP contribution in [0.4, 0.5) is 0 Å². The molecular weight excluding hydrogens is 293 g/mol. The van der Waals surface area contributed by atoms with Crippen LogP contribution in [0.15, 0.2) is 18.2 Å². The minimum Gasteiger partial charge on any atom is -0.387 e. The van der Waals surface area contributed by atoms with Gasteiger partial charge in [0.05, 0.1) is 6.10 Å². The Balaban J connectivity index is 2.65. The highest BCUT2D eigenvalue weighted by Gasteiger charge is 2.16. The van der Waals surface area contributed by atoms with Gasteiger partial charge >= 0.3 is 0 Å². The van der Waals surface area contributed by atoms with Gasteiger partial charge in [-0.1, -0.05) is 56.0 Å². The fourth-order valence-electron chi connectivity index (χ4n) is 2.17. The van der Waals surface area contributed by atoms with E-state index in [1.54, 1.807) is 12.1 Å². The van der Waals surface area contributed by atoms with Crippen molar-refractivity contribution in [1.82, 2.24) is 4.90 Å². The van der Waals surface area contributed by atoms with Crippen molar-refractivity contribution in [2.24, 2.45) is 0 Å². The van der Waals surface area contributed by atoms with Gasteiger partial charge in [0.1, 0.15) is 0 Å². The third kappa shape index (κ3) is 6.01. The van der Waals surface area contributed by atoms with E-state index in [2.05, 4.69) is 18.7 Å². The summed E-state index contributed by atoms with van der Waals surface area (Å²) in [5.41, 5.74) is 0.758. The predicted molar refractivity (Wildman–Crippen MR) is 87.7 cm³/mol. The summed E-state index contributed by atoms with van der Waals surface area (Å²) in [5.74, 6) is 0. The second-order valence-electron chi connectivity index (χ2n) is 5.19. The molecule has 1 N–H and O–H groups in total. The van der Waals surface area contributed by atoms with Crippen LogP contribution >= 0.6 is 23.2 Å². The van der Waals surface area contributed by atoms with E-state index in [9.17, 15) is 5.11 Å². The Kier molecular flexibility index (Phi) is 8.55. The molecule has 1 aromatic rings. The molecule has 4 heteroatoms. The number of nitrogens with zero attached hydrogens (tertiary/aromatic N) is 1. The highest BCUT2D eigenvalue weighted by atomic mass is 35.5. The van der Waals surface area contributed by atoms with Crippen LogP contribution in [0, 0.1) is 0 Å². The van der Waals surface area contributed by atoms with Crippen LogP contribution in [0.1, 0.15) is 51.2 Å². The molecule has 0 unspecified atom stereocenters. The van der Waals surface area contributed by atoms with Gasteiger partial charge in [0.15, 0.2) is 0 Å². The Hall–Kier alpha value is -0.280. The normalized spacial score (nSPS) is 12.9. The maximum atomic E-state index is 10.4. The molecule has 0 aromatic heterocycles. The van der Waals surface area contributed by atoms with Gasteiger partial charge in [-0.3, -0.25) is 0 Å². The molecule has 0 aliphatic heterocycles. The van der Waals surface area contributed by atoms with Crippen LogP contribution in [0.3, 0.4) is 0 Å². The molecule has 0 radical (unpaired) electrons. The average molecular weight is 318 g/mol. The lowest BCUT2D eigenvalue weighted by molar-refractivity contribution is 0.111. The second-order valence-corrected chi connectivity index (χ2v) is 6.03. The van der Waals surface area contributed by atoms with Crippen molar-refractivity contribution in [3.63, 3.8) is 0 Å². The summed E-state index contributed by atoms with van der Waals surface area (Å²) in [4.78, 5) is 2.32. The molecule has 114 valence electrons. The van der Waals surface area contributed by atoms with Gasteiger partial charge in [-0.2, -0.15) is 0 Å². The Bertz CT molecular complexity index is 390. The van der Waals surface area contributed by atoms with Crippen LogP contribution in [-0.4, -0.2) is 29.6 Å². The topological polar surface area (TPSA) is 23.5 Å². The first-order valence-electron chi connectivity index (χ1n) is 7.43. The van der Waals surface area contributed by atoms with E-state index >= 15 is 0 Å². The summed E-state index contributed by atoms with van der Waals surface area (Å²) in [7, 11) is 0. The largest absolute Gasteiger partial charge is 0.387 e. The van der Waals surface area contributed by atoms with Crippen molar-refractivity contribution in [2.75, 3.05) is 19.6 Å². The van der Waals surface area contributed by atoms with Crippen molar-refractivity contribution in [3.05, 3.63) is 33.8 Å². The molecule has 2 nitrogen and oxygen atoms in total. The Morgan fingerprint density at radius 1 is 1.10 bits per heavy atom. The quantitative estimate of drug-likeness (QED) is 0.698. The van der Waals surface area contributed by atoms with E-state index in [4.69, 9.17) is 23.2 Å². The standard InChI is InChI=1S/C16H25Cl2NO/c1-3-5-9-19(10-6-4-2)12-16(20)14-8-7-13(17)11-15(14)18/h7-8,11,16,20H,3-6,9-10,12H2,1-2H3/t16-/m0/s1. The van der Waals surface area contributed by atoms with E-state index in [0.717, 1.165) is 31.5 Å². The third-order valence-electron chi connectivity index (χ3n) is 3.41. The first kappa shape index (κ1) is 17.8. The lowest BCUT2D eigenvalue weighted by Gasteiger charge is -2.25. The molecule has 0 aliphatic carbocycles. The maximum Gasteiger partial charge on any atom is 0.0931 e. The van der Waals surface area contributed by atoms with Crippen molar-refractivity contribution < 1.29 is 5.11 Å². The number of rotatable bonds is 9. The Labute approximate surface area is 132 Å². The number of benzene rings is 1. The molecule has 0 saturated heterocycles. The van der Waals surface area contributed by atoms with Crippen LogP contribution in [0.25, 0.3) is 0 Å². The summed E-state index contributed by atoms with van der Waals surface area (Å²) < 4.78 is 0. The highest BCUT2D eigenvalue weighted by molar-refractivity contribution is 6.35. The van der Waals surface area contributed by atoms with Crippen LogP contribution in [0.5, 0.6) is 0 Å². The lowest BCUT2D eigenvalue weighted by atomic mass is 10.1. The zero-order chi connectivity index (χ0) is 15.0. The summed E-state index contributed by atoms with van der Waals surface area (Å²) >= 11 is 12.0. The number of unbranched alkanes of at least 4 members (excludes halogenated alkanes) is 2. The van der Waals surface area contributed by atoms with Gasteiger partial charge in [-0.05, 0) is 38.1 Å². The van der Waals surface area contributed by atoms with Gasteiger partial charge in [-0.25, -0.2) is 0 Å². The molecule has 1 atom stereocenters. The van der Waals surface area contributed by atoms with Crippen LogP contribution in [0.2, 0.25) is 10.0 Å². The third-order valence-corrected chi connectivity index (χ3v) is 3.97. The minimum absolute atomic E-state index is 0.538. The molecule has 1 aromatic carbocycles. The fraction of sp³-hybridized carbons (Fsp3) is 0.625. The number of aliphatic hydroxyl groups excluding tert-OH is 1. The second kappa shape index (κ2) is 9.62. The van der Waals surface area contributed by atoms with Crippen molar-refractivity contribution >= 4 is 23.2 Å². The molecular formula is C16H25Cl2NO. The first-order valence-corrected chi connectivity index (χ1v) is 8.19. The number of aliphatic hydroxyl groups is 1. The van der Waals surface area contributed by atoms with Crippen molar-refractivity contribution in [1.29, 1.82) is 0 Å². The maximum absolute atomic E-state index is 10.4. The average Bonchev–Trinajstić information content (AvgIpc) is 2.41. The minimum atomic E-state index is -0.562. The summed E-state index contributed by atoms with van der Waals surface area (Å²) in [6, 6.07) is 5.27. The molecule has 0 spiro atoms. The summed E-state index contributed by atoms with van der Waals surface area (Å²) in [5, 5.41) is 11.5. The fourth-order valence-corrected chi connectivity index (χ4v) is 2.71. The van der Waals surface area contributed by atoms with E-state index < -0.39 is 6.10 Å². The van der Waals surface area contributed by atoms with Gasteiger partial charge in [0.2, 0.25) is 0 Å². The first-order chi connectivity index (χ1) is 9.58. The number of halogens is 2. The molecule has 0 saturated carbocycles. The van der Waals surface area contributed by atoms with Gasteiger partial charge in [-0.15, -0.1) is 0 Å². The number of hydrogen-bond acceptors (Lipinski definition) is 2.